The van der Waals surface area contributed by atoms with Crippen LogP contribution in [0.25, 0.3) is 22.4 Å². The molecule has 218 valence electrons. The molecule has 0 radical (unpaired) electrons. The van der Waals surface area contributed by atoms with Crippen molar-refractivity contribution in [1.82, 2.24) is 34.7 Å². The number of aryl methyl sites for hydroxylation is 1. The molecule has 4 aromatic rings. The van der Waals surface area contributed by atoms with Crippen LogP contribution in [0.2, 0.25) is 5.02 Å². The van der Waals surface area contributed by atoms with Crippen LogP contribution < -0.4 is 11.1 Å². The van der Waals surface area contributed by atoms with Gasteiger partial charge in [-0.1, -0.05) is 37.6 Å². The van der Waals surface area contributed by atoms with E-state index in [9.17, 15) is 26.7 Å². The molecule has 0 bridgehead atoms. The average Bonchev–Trinajstić information content (AvgIpc) is 3.51. The van der Waals surface area contributed by atoms with E-state index in [1.807, 2.05) is 20.8 Å². The number of halogens is 6. The Hall–Kier alpha value is -3.88. The van der Waals surface area contributed by atoms with Gasteiger partial charge in [0.15, 0.2) is 5.82 Å². The van der Waals surface area contributed by atoms with Crippen molar-refractivity contribution in [3.05, 3.63) is 40.7 Å². The third-order valence-corrected chi connectivity index (χ3v) is 7.02. The van der Waals surface area contributed by atoms with Crippen LogP contribution in [-0.2, 0) is 23.3 Å². The topological polar surface area (TPSA) is 129 Å². The number of nitrogen functional groups attached to an aromatic ring is 1. The maximum atomic E-state index is 13.7. The molecule has 10 nitrogen and oxygen atoms in total. The first kappa shape index (κ1) is 28.6. The second kappa shape index (κ2) is 9.33. The molecule has 1 amide bonds. The lowest BCUT2D eigenvalue weighted by molar-refractivity contribution is -0.285. The predicted octanol–water partition coefficient (Wildman–Crippen LogP) is 5.21. The molecule has 0 aliphatic carbocycles. The molecule has 41 heavy (non-hydrogen) atoms. The third kappa shape index (κ3) is 4.96. The highest BCUT2D eigenvalue weighted by atomic mass is 35.5. The van der Waals surface area contributed by atoms with Gasteiger partial charge in [0.2, 0.25) is 5.91 Å². The van der Waals surface area contributed by atoms with E-state index in [0.717, 1.165) is 4.68 Å². The highest BCUT2D eigenvalue weighted by molar-refractivity contribution is 6.31. The van der Waals surface area contributed by atoms with E-state index in [1.165, 1.54) is 18.2 Å². The monoisotopic (exact) mass is 597 g/mol. The Labute approximate surface area is 235 Å². The molecule has 5 rings (SSSR count). The zero-order chi connectivity index (χ0) is 30.1. The van der Waals surface area contributed by atoms with Crippen molar-refractivity contribution in [2.24, 2.45) is 5.41 Å². The number of rotatable bonds is 6. The molecule has 0 unspecified atom stereocenters. The molecule has 1 aromatic carbocycles. The molecule has 3 aromatic heterocycles. The van der Waals surface area contributed by atoms with Crippen LogP contribution in [0.1, 0.15) is 45.4 Å². The Kier molecular flexibility index (Phi) is 6.51. The number of amides is 1. The number of fused-ring (bicyclic) bond motifs is 2. The number of nitrogens with two attached hydrogens (primary N) is 1. The standard InChI is InChI=1S/C25H25ClF5N9O/c1-22(2,3)11-39-10-15(36-38-39)23(4)16-18(32)33-20(34-19(16)35-21(23)41)17-13-6-5-12(26)9-14(13)40(37-17)8-7-24(27,28)25(29,30)31/h5-6,9-10H,7-8,11H2,1-4H3,(H3,32,33,34,35,41)/t23-/m1/s1. The van der Waals surface area contributed by atoms with E-state index in [2.05, 4.69) is 30.7 Å². The molecule has 0 saturated heterocycles. The minimum atomic E-state index is -5.71. The SMILES string of the molecule is CC(C)(C)Cn1cc([C@@]2(C)C(=O)Nc3nc(-c4nn(CCC(F)(F)C(F)(F)F)c5cc(Cl)ccc45)nc(N)c32)nn1. The second-order valence-electron chi connectivity index (χ2n) is 11.3. The Bertz CT molecular complexity index is 1670. The zero-order valence-corrected chi connectivity index (χ0v) is 23.1. The van der Waals surface area contributed by atoms with Crippen LogP contribution in [0.3, 0.4) is 0 Å². The highest BCUT2D eigenvalue weighted by Gasteiger charge is 2.57. The summed E-state index contributed by atoms with van der Waals surface area (Å²) in [5.41, 5.74) is 5.73. The number of hydrogen-bond donors (Lipinski definition) is 2. The predicted molar refractivity (Wildman–Crippen MR) is 140 cm³/mol. The molecule has 0 saturated carbocycles. The van der Waals surface area contributed by atoms with E-state index >= 15 is 0 Å². The molecular weight excluding hydrogens is 573 g/mol. The maximum Gasteiger partial charge on any atom is 0.453 e. The number of nitrogens with zero attached hydrogens (tertiary/aromatic N) is 7. The molecule has 16 heteroatoms. The summed E-state index contributed by atoms with van der Waals surface area (Å²) in [6.45, 7) is 7.48. The summed E-state index contributed by atoms with van der Waals surface area (Å²) in [5.74, 6) is -5.45. The summed E-state index contributed by atoms with van der Waals surface area (Å²) in [4.78, 5) is 22.0. The van der Waals surface area contributed by atoms with Crippen LogP contribution >= 0.6 is 11.6 Å². The van der Waals surface area contributed by atoms with E-state index < -0.39 is 36.4 Å². The lowest BCUT2D eigenvalue weighted by Crippen LogP contribution is -2.37. The van der Waals surface area contributed by atoms with Gasteiger partial charge in [0, 0.05) is 36.1 Å². The van der Waals surface area contributed by atoms with Crippen molar-refractivity contribution in [1.29, 1.82) is 0 Å². The first-order chi connectivity index (χ1) is 18.9. The van der Waals surface area contributed by atoms with Gasteiger partial charge in [-0.2, -0.15) is 27.1 Å². The van der Waals surface area contributed by atoms with Gasteiger partial charge in [-0.15, -0.1) is 5.10 Å². The fourth-order valence-electron chi connectivity index (χ4n) is 4.72. The van der Waals surface area contributed by atoms with Crippen molar-refractivity contribution in [2.45, 2.75) is 64.7 Å². The van der Waals surface area contributed by atoms with Crippen molar-refractivity contribution in [2.75, 3.05) is 11.1 Å². The van der Waals surface area contributed by atoms with Gasteiger partial charge in [-0.05, 0) is 30.5 Å². The minimum Gasteiger partial charge on any atom is -0.383 e. The van der Waals surface area contributed by atoms with E-state index in [0.29, 0.717) is 17.6 Å². The largest absolute Gasteiger partial charge is 0.453 e. The number of carbonyl (C=O) groups is 1. The molecular formula is C25H25ClF5N9O. The summed E-state index contributed by atoms with van der Waals surface area (Å²) in [7, 11) is 0. The minimum absolute atomic E-state index is 0.0560. The number of aromatic nitrogens is 7. The first-order valence-electron chi connectivity index (χ1n) is 12.4. The molecule has 1 atom stereocenters. The molecule has 1 aliphatic rings. The lowest BCUT2D eigenvalue weighted by Gasteiger charge is -2.20. The quantitative estimate of drug-likeness (QED) is 0.292. The lowest BCUT2D eigenvalue weighted by atomic mass is 9.81. The second-order valence-corrected chi connectivity index (χ2v) is 11.7. The number of alkyl halides is 5. The van der Waals surface area contributed by atoms with Crippen LogP contribution in [0.4, 0.5) is 33.6 Å². The summed E-state index contributed by atoms with van der Waals surface area (Å²) in [5, 5.41) is 15.8. The van der Waals surface area contributed by atoms with Crippen molar-refractivity contribution >= 4 is 40.0 Å². The van der Waals surface area contributed by atoms with E-state index in [1.54, 1.807) is 17.8 Å². The van der Waals surface area contributed by atoms with E-state index in [4.69, 9.17) is 17.3 Å². The van der Waals surface area contributed by atoms with Crippen molar-refractivity contribution in [3.63, 3.8) is 0 Å². The average molecular weight is 598 g/mol. The van der Waals surface area contributed by atoms with Gasteiger partial charge >= 0.3 is 12.1 Å². The van der Waals surface area contributed by atoms with E-state index in [-0.39, 0.29) is 44.7 Å². The zero-order valence-electron chi connectivity index (χ0n) is 22.3. The van der Waals surface area contributed by atoms with Crippen molar-refractivity contribution in [3.8, 4) is 11.5 Å². The van der Waals surface area contributed by atoms with Crippen molar-refractivity contribution < 1.29 is 26.7 Å². The Balaban J connectivity index is 1.56. The van der Waals surface area contributed by atoms with Crippen LogP contribution in [0.15, 0.2) is 24.4 Å². The number of carbonyl (C=O) groups excluding carboxylic acids is 1. The van der Waals surface area contributed by atoms with Gasteiger partial charge in [0.1, 0.15) is 28.4 Å². The molecule has 0 fully saturated rings. The Morgan fingerprint density at radius 2 is 1.83 bits per heavy atom. The third-order valence-electron chi connectivity index (χ3n) is 6.79. The number of nitrogens with one attached hydrogen (secondary N) is 1. The van der Waals surface area contributed by atoms with Crippen LogP contribution in [0.5, 0.6) is 0 Å². The number of anilines is 2. The smallest absolute Gasteiger partial charge is 0.383 e. The summed E-state index contributed by atoms with van der Waals surface area (Å²) >= 11 is 6.07. The van der Waals surface area contributed by atoms with Crippen LogP contribution in [0, 0.1) is 5.41 Å². The van der Waals surface area contributed by atoms with Crippen LogP contribution in [-0.4, -0.2) is 52.7 Å². The number of benzene rings is 1. The highest BCUT2D eigenvalue weighted by Crippen LogP contribution is 2.45. The van der Waals surface area contributed by atoms with Gasteiger partial charge in [-0.3, -0.25) is 14.2 Å². The molecule has 4 heterocycles. The molecule has 0 spiro atoms. The van der Waals surface area contributed by atoms with Gasteiger partial charge in [0.05, 0.1) is 11.1 Å². The van der Waals surface area contributed by atoms with Gasteiger partial charge in [0.25, 0.3) is 0 Å². The fourth-order valence-corrected chi connectivity index (χ4v) is 4.89. The Morgan fingerprint density at radius 3 is 2.49 bits per heavy atom. The summed E-state index contributed by atoms with van der Waals surface area (Å²) in [6.07, 6.45) is -5.60. The maximum absolute atomic E-state index is 13.7. The number of hydrogen-bond acceptors (Lipinski definition) is 7. The van der Waals surface area contributed by atoms with Gasteiger partial charge < -0.3 is 11.1 Å². The fraction of sp³-hybridized carbons (Fsp3) is 0.440. The summed E-state index contributed by atoms with van der Waals surface area (Å²) < 4.78 is 68.3. The summed E-state index contributed by atoms with van der Waals surface area (Å²) in [6, 6.07) is 4.40. The van der Waals surface area contributed by atoms with Gasteiger partial charge in [-0.25, -0.2) is 9.97 Å². The Morgan fingerprint density at radius 1 is 1.12 bits per heavy atom. The first-order valence-corrected chi connectivity index (χ1v) is 12.8. The normalized spacial score (nSPS) is 17.8. The molecule has 3 N–H and O–H groups in total. The molecule has 1 aliphatic heterocycles.